The summed E-state index contributed by atoms with van der Waals surface area (Å²) >= 11 is 9.55. The Hall–Kier alpha value is -2.13. The van der Waals surface area contributed by atoms with Crippen molar-refractivity contribution >= 4 is 56.2 Å². The Morgan fingerprint density at radius 2 is 2.00 bits per heavy atom. The van der Waals surface area contributed by atoms with E-state index in [0.717, 1.165) is 0 Å². The Bertz CT molecular complexity index is 1070. The number of carbonyl (C=O) groups excluding carboxylic acids is 2. The minimum Gasteiger partial charge on any atom is -0.462 e. The third kappa shape index (κ3) is 6.30. The summed E-state index contributed by atoms with van der Waals surface area (Å²) in [6.45, 7) is 13.8. The fraction of sp³-hybridized carbons (Fsp3) is 0.542. The van der Waals surface area contributed by atoms with E-state index in [4.69, 9.17) is 21.1 Å². The molecule has 1 unspecified atom stereocenters. The monoisotopic (exact) mass is 559 g/mol. The first-order valence-electron chi connectivity index (χ1n) is 11.3. The summed E-state index contributed by atoms with van der Waals surface area (Å²) < 4.78 is 25.9. The van der Waals surface area contributed by atoms with Crippen LogP contribution in [-0.4, -0.2) is 53.3 Å². The topological polar surface area (TPSA) is 80.8 Å². The molecule has 1 aromatic heterocycles. The summed E-state index contributed by atoms with van der Waals surface area (Å²) in [7, 11) is 0. The molecule has 34 heavy (non-hydrogen) atoms. The molecule has 1 N–H and O–H groups in total. The zero-order valence-corrected chi connectivity index (χ0v) is 23.0. The average Bonchev–Trinajstić information content (AvgIpc) is 3.22. The van der Waals surface area contributed by atoms with Gasteiger partial charge in [-0.2, -0.15) is 0 Å². The van der Waals surface area contributed by atoms with Crippen LogP contribution in [0.3, 0.4) is 0 Å². The van der Waals surface area contributed by atoms with Crippen molar-refractivity contribution in [3.8, 4) is 0 Å². The number of halogens is 3. The van der Waals surface area contributed by atoms with E-state index in [1.807, 2.05) is 34.6 Å². The molecule has 3 rings (SSSR count). The average molecular weight is 561 g/mol. The van der Waals surface area contributed by atoms with Gasteiger partial charge in [-0.05, 0) is 68.6 Å². The molecular weight excluding hydrogens is 529 g/mol. The fourth-order valence-corrected chi connectivity index (χ4v) is 4.11. The summed E-state index contributed by atoms with van der Waals surface area (Å²) in [6.07, 6.45) is 0.205. The number of nitrogens with one attached hydrogen (secondary N) is 1. The van der Waals surface area contributed by atoms with Crippen molar-refractivity contribution in [2.75, 3.05) is 25.0 Å². The minimum atomic E-state index is -0.655. The molecule has 0 aliphatic carbocycles. The fourth-order valence-electron chi connectivity index (χ4n) is 3.55. The number of rotatable bonds is 4. The smallest absolute Gasteiger partial charge is 0.410 e. The Balaban J connectivity index is 0.00000199. The van der Waals surface area contributed by atoms with Crippen molar-refractivity contribution in [2.45, 2.75) is 66.5 Å². The van der Waals surface area contributed by atoms with Crippen LogP contribution in [0, 0.1) is 12.7 Å². The standard InChI is InChI=1S/C22H26BrClFN3O4.C2H6/c1-6-31-20(29)14-17(13-9-11(2)15(23)16(25)18(13)27-19(14)24)26-12-7-8-28(10-12)21(30)32-22(3,4)5;1-2/h9,12H,6-8,10H2,1-5H3,(H,26,27);1-2H3. The highest BCUT2D eigenvalue weighted by Crippen LogP contribution is 2.37. The highest BCUT2D eigenvalue weighted by Gasteiger charge is 2.32. The van der Waals surface area contributed by atoms with E-state index in [2.05, 4.69) is 26.2 Å². The second-order valence-corrected chi connectivity index (χ2v) is 9.80. The number of aromatic nitrogens is 1. The number of benzene rings is 1. The second kappa shape index (κ2) is 11.5. The molecular formula is C24H32BrClFN3O4. The molecule has 2 heterocycles. The lowest BCUT2D eigenvalue weighted by atomic mass is 10.0. The summed E-state index contributed by atoms with van der Waals surface area (Å²) in [5, 5.41) is 3.55. The predicted octanol–water partition coefficient (Wildman–Crippen LogP) is 6.72. The van der Waals surface area contributed by atoms with Crippen LogP contribution in [0.1, 0.15) is 63.9 Å². The van der Waals surface area contributed by atoms with E-state index in [-0.39, 0.29) is 33.4 Å². The summed E-state index contributed by atoms with van der Waals surface area (Å²) in [6, 6.07) is 1.53. The van der Waals surface area contributed by atoms with Gasteiger partial charge in [0.25, 0.3) is 0 Å². The lowest BCUT2D eigenvalue weighted by Crippen LogP contribution is -2.36. The molecule has 1 saturated heterocycles. The molecule has 1 aliphatic rings. The summed E-state index contributed by atoms with van der Waals surface area (Å²) in [5.74, 6) is -1.22. The Morgan fingerprint density at radius 1 is 1.35 bits per heavy atom. The van der Waals surface area contributed by atoms with Crippen molar-refractivity contribution in [3.63, 3.8) is 0 Å². The van der Waals surface area contributed by atoms with Crippen molar-refractivity contribution in [3.05, 3.63) is 32.6 Å². The van der Waals surface area contributed by atoms with Gasteiger partial charge in [-0.3, -0.25) is 0 Å². The van der Waals surface area contributed by atoms with Crippen LogP contribution >= 0.6 is 27.5 Å². The van der Waals surface area contributed by atoms with E-state index in [0.29, 0.717) is 36.1 Å². The van der Waals surface area contributed by atoms with Gasteiger partial charge >= 0.3 is 12.1 Å². The lowest BCUT2D eigenvalue weighted by Gasteiger charge is -2.25. The first kappa shape index (κ1) is 28.1. The minimum absolute atomic E-state index is 0.0324. The summed E-state index contributed by atoms with van der Waals surface area (Å²) in [4.78, 5) is 30.9. The zero-order chi connectivity index (χ0) is 25.8. The van der Waals surface area contributed by atoms with Gasteiger partial charge in [0.1, 0.15) is 21.8 Å². The van der Waals surface area contributed by atoms with Crippen molar-refractivity contribution in [1.82, 2.24) is 9.88 Å². The molecule has 1 atom stereocenters. The molecule has 0 saturated carbocycles. The number of carbonyl (C=O) groups is 2. The van der Waals surface area contributed by atoms with Gasteiger partial charge in [-0.15, -0.1) is 0 Å². The Morgan fingerprint density at radius 3 is 2.59 bits per heavy atom. The van der Waals surface area contributed by atoms with Gasteiger partial charge in [-0.1, -0.05) is 25.4 Å². The molecule has 1 fully saturated rings. The van der Waals surface area contributed by atoms with Crippen LogP contribution in [0.15, 0.2) is 10.5 Å². The summed E-state index contributed by atoms with van der Waals surface area (Å²) in [5.41, 5.74) is 0.447. The number of anilines is 1. The molecule has 1 aromatic carbocycles. The number of amides is 1. The molecule has 188 valence electrons. The molecule has 1 amide bonds. The van der Waals surface area contributed by atoms with E-state index in [9.17, 15) is 14.0 Å². The molecule has 2 aromatic rings. The number of esters is 1. The number of ether oxygens (including phenoxy) is 2. The molecule has 10 heteroatoms. The van der Waals surface area contributed by atoms with Gasteiger partial charge < -0.3 is 19.7 Å². The molecule has 0 spiro atoms. The number of nitrogens with zero attached hydrogens (tertiary/aromatic N) is 2. The van der Waals surface area contributed by atoms with E-state index in [1.54, 1.807) is 24.8 Å². The maximum atomic E-state index is 15.0. The Labute approximate surface area is 213 Å². The second-order valence-electron chi connectivity index (χ2n) is 8.65. The highest BCUT2D eigenvalue weighted by molar-refractivity contribution is 9.10. The van der Waals surface area contributed by atoms with Gasteiger partial charge in [-0.25, -0.2) is 19.0 Å². The van der Waals surface area contributed by atoms with Crippen LogP contribution in [0.25, 0.3) is 10.9 Å². The predicted molar refractivity (Wildman–Crippen MR) is 136 cm³/mol. The molecule has 7 nitrogen and oxygen atoms in total. The van der Waals surface area contributed by atoms with Gasteiger partial charge in [0.15, 0.2) is 5.82 Å². The van der Waals surface area contributed by atoms with Crippen LogP contribution < -0.4 is 5.32 Å². The maximum Gasteiger partial charge on any atom is 0.410 e. The van der Waals surface area contributed by atoms with E-state index >= 15 is 0 Å². The first-order chi connectivity index (χ1) is 15.9. The first-order valence-corrected chi connectivity index (χ1v) is 12.5. The van der Waals surface area contributed by atoms with E-state index < -0.39 is 23.5 Å². The van der Waals surface area contributed by atoms with Gasteiger partial charge in [0.05, 0.1) is 16.8 Å². The van der Waals surface area contributed by atoms with Crippen LogP contribution in [0.5, 0.6) is 0 Å². The third-order valence-corrected chi connectivity index (χ3v) is 6.21. The third-order valence-electron chi connectivity index (χ3n) is 4.97. The lowest BCUT2D eigenvalue weighted by molar-refractivity contribution is 0.0293. The van der Waals surface area contributed by atoms with Crippen molar-refractivity contribution in [2.24, 2.45) is 0 Å². The number of likely N-dealkylation sites (tertiary alicyclic amines) is 1. The van der Waals surface area contributed by atoms with Gasteiger partial charge in [0.2, 0.25) is 0 Å². The van der Waals surface area contributed by atoms with Gasteiger partial charge in [0, 0.05) is 24.5 Å². The van der Waals surface area contributed by atoms with Crippen LogP contribution in [0.4, 0.5) is 14.9 Å². The van der Waals surface area contributed by atoms with E-state index in [1.165, 1.54) is 0 Å². The molecule has 0 bridgehead atoms. The quantitative estimate of drug-likeness (QED) is 0.330. The number of pyridine rings is 1. The SMILES string of the molecule is CC.CCOC(=O)c1c(Cl)nc2c(F)c(Br)c(C)cc2c1NC1CCN(C(=O)OC(C)(C)C)C1. The normalized spacial score (nSPS) is 15.6. The highest BCUT2D eigenvalue weighted by atomic mass is 79.9. The largest absolute Gasteiger partial charge is 0.462 e. The van der Waals surface area contributed by atoms with Crippen LogP contribution in [-0.2, 0) is 9.47 Å². The number of fused-ring (bicyclic) bond motifs is 1. The number of hydrogen-bond donors (Lipinski definition) is 1. The van der Waals surface area contributed by atoms with Crippen molar-refractivity contribution < 1.29 is 23.5 Å². The zero-order valence-electron chi connectivity index (χ0n) is 20.6. The Kier molecular flexibility index (Phi) is 9.53. The number of hydrogen-bond acceptors (Lipinski definition) is 6. The molecule has 0 radical (unpaired) electrons. The van der Waals surface area contributed by atoms with Crippen molar-refractivity contribution in [1.29, 1.82) is 0 Å². The number of aryl methyl sites for hydroxylation is 1. The maximum absolute atomic E-state index is 15.0. The van der Waals surface area contributed by atoms with Crippen LogP contribution in [0.2, 0.25) is 5.15 Å². The molecule has 1 aliphatic heterocycles.